The van der Waals surface area contributed by atoms with Gasteiger partial charge in [0.05, 0.1) is 6.42 Å². The fraction of sp³-hybridized carbons (Fsp3) is 0.333. The van der Waals surface area contributed by atoms with Gasteiger partial charge in [-0.1, -0.05) is 30.3 Å². The molecule has 102 valence electrons. The average Bonchev–Trinajstić information content (AvgIpc) is 2.70. The maximum absolute atomic E-state index is 12.5. The maximum atomic E-state index is 12.5. The van der Waals surface area contributed by atoms with Gasteiger partial charge in [-0.15, -0.1) is 0 Å². The van der Waals surface area contributed by atoms with Gasteiger partial charge < -0.3 is 0 Å². The fourth-order valence-corrected chi connectivity index (χ4v) is 2.24. The van der Waals surface area contributed by atoms with Crippen molar-refractivity contribution >= 4 is 12.2 Å². The third-order valence-corrected chi connectivity index (χ3v) is 2.99. The third-order valence-electron chi connectivity index (χ3n) is 2.70. The molecule has 0 aliphatic carbocycles. The molecule has 0 saturated carbocycles. The molecule has 0 radical (unpaired) electrons. The van der Waals surface area contributed by atoms with E-state index in [9.17, 15) is 13.2 Å². The van der Waals surface area contributed by atoms with E-state index in [0.717, 1.165) is 5.56 Å². The molecule has 0 spiro atoms. The van der Waals surface area contributed by atoms with Crippen molar-refractivity contribution in [2.24, 2.45) is 0 Å². The van der Waals surface area contributed by atoms with Gasteiger partial charge in [0.2, 0.25) is 0 Å². The Morgan fingerprint density at radius 2 is 1.95 bits per heavy atom. The Kier molecular flexibility index (Phi) is 3.75. The van der Waals surface area contributed by atoms with E-state index in [1.54, 1.807) is 24.3 Å². The molecule has 7 heteroatoms. The van der Waals surface area contributed by atoms with Gasteiger partial charge in [0, 0.05) is 11.6 Å². The highest BCUT2D eigenvalue weighted by atomic mass is 32.1. The summed E-state index contributed by atoms with van der Waals surface area (Å²) in [6.07, 6.45) is -5.18. The van der Waals surface area contributed by atoms with E-state index >= 15 is 0 Å². The number of aromatic nitrogens is 3. The number of benzene rings is 1. The number of H-pyrrole nitrogens is 1. The monoisotopic (exact) mass is 287 g/mol. The maximum Gasteiger partial charge on any atom is 0.391 e. The van der Waals surface area contributed by atoms with Crippen LogP contribution >= 0.6 is 12.2 Å². The van der Waals surface area contributed by atoms with E-state index in [0.29, 0.717) is 5.82 Å². The van der Waals surface area contributed by atoms with Crippen molar-refractivity contribution in [2.45, 2.75) is 25.6 Å². The molecular formula is C12H12F3N3S. The molecule has 0 aliphatic heterocycles. The lowest BCUT2D eigenvalue weighted by Crippen LogP contribution is -2.17. The zero-order valence-corrected chi connectivity index (χ0v) is 10.9. The average molecular weight is 287 g/mol. The fourth-order valence-electron chi connectivity index (χ4n) is 1.93. The number of rotatable bonds is 3. The molecule has 0 aliphatic rings. The second-order valence-corrected chi connectivity index (χ2v) is 4.64. The van der Waals surface area contributed by atoms with E-state index in [4.69, 9.17) is 12.2 Å². The van der Waals surface area contributed by atoms with Gasteiger partial charge >= 0.3 is 6.18 Å². The number of aromatic amines is 1. The Hall–Kier alpha value is -1.63. The van der Waals surface area contributed by atoms with Gasteiger partial charge in [-0.05, 0) is 19.1 Å². The van der Waals surface area contributed by atoms with E-state index in [1.807, 2.05) is 6.07 Å². The molecule has 2 rings (SSSR count). The number of nitrogens with zero attached hydrogens (tertiary/aromatic N) is 2. The Morgan fingerprint density at radius 3 is 2.53 bits per heavy atom. The summed E-state index contributed by atoms with van der Waals surface area (Å²) >= 11 is 5.02. The minimum Gasteiger partial charge on any atom is -0.297 e. The van der Waals surface area contributed by atoms with E-state index in [-0.39, 0.29) is 4.77 Å². The van der Waals surface area contributed by atoms with Crippen molar-refractivity contribution in [3.63, 3.8) is 0 Å². The van der Waals surface area contributed by atoms with Crippen LogP contribution in [0.15, 0.2) is 30.3 Å². The largest absolute Gasteiger partial charge is 0.391 e. The van der Waals surface area contributed by atoms with Crippen molar-refractivity contribution in [3.05, 3.63) is 35.1 Å². The highest BCUT2D eigenvalue weighted by Gasteiger charge is 2.32. The molecule has 0 bridgehead atoms. The molecule has 1 unspecified atom stereocenters. The topological polar surface area (TPSA) is 33.6 Å². The summed E-state index contributed by atoms with van der Waals surface area (Å²) in [4.78, 5) is 0. The van der Waals surface area contributed by atoms with Crippen molar-refractivity contribution in [1.29, 1.82) is 0 Å². The first kappa shape index (κ1) is 13.8. The standard InChI is InChI=1S/C12H12F3N3S/c1-8(7-12(13,14)15)18-10(16-17-11(18)19)9-5-3-2-4-6-9/h2-6,8H,7H2,1H3,(H,17,19). The summed E-state index contributed by atoms with van der Waals surface area (Å²) in [6, 6.07) is 8.18. The van der Waals surface area contributed by atoms with E-state index in [2.05, 4.69) is 10.2 Å². The number of hydrogen-bond donors (Lipinski definition) is 1. The van der Waals surface area contributed by atoms with Gasteiger partial charge in [0.25, 0.3) is 0 Å². The van der Waals surface area contributed by atoms with Crippen LogP contribution in [0.1, 0.15) is 19.4 Å². The molecular weight excluding hydrogens is 275 g/mol. The molecule has 0 fully saturated rings. The van der Waals surface area contributed by atoms with Gasteiger partial charge in [0.15, 0.2) is 10.6 Å². The number of hydrogen-bond acceptors (Lipinski definition) is 2. The summed E-state index contributed by atoms with van der Waals surface area (Å²) in [5.74, 6) is 0.419. The van der Waals surface area contributed by atoms with E-state index in [1.165, 1.54) is 11.5 Å². The van der Waals surface area contributed by atoms with Crippen LogP contribution in [0.4, 0.5) is 13.2 Å². The van der Waals surface area contributed by atoms with E-state index < -0.39 is 18.6 Å². The number of halogens is 3. The molecule has 1 aromatic heterocycles. The minimum atomic E-state index is -4.24. The summed E-state index contributed by atoms with van der Waals surface area (Å²) in [5.41, 5.74) is 0.726. The molecule has 1 heterocycles. The number of nitrogens with one attached hydrogen (secondary N) is 1. The Bertz CT molecular complexity index is 601. The van der Waals surface area contributed by atoms with Gasteiger partial charge in [0.1, 0.15) is 0 Å². The summed E-state index contributed by atoms with van der Waals surface area (Å²) in [7, 11) is 0. The lowest BCUT2D eigenvalue weighted by molar-refractivity contribution is -0.141. The van der Waals surface area contributed by atoms with Crippen molar-refractivity contribution in [3.8, 4) is 11.4 Å². The molecule has 2 aromatic rings. The molecule has 0 amide bonds. The van der Waals surface area contributed by atoms with Crippen molar-refractivity contribution in [2.75, 3.05) is 0 Å². The first-order valence-corrected chi connectivity index (χ1v) is 6.08. The molecule has 3 nitrogen and oxygen atoms in total. The first-order chi connectivity index (χ1) is 8.88. The Morgan fingerprint density at radius 1 is 1.32 bits per heavy atom. The Labute approximate surface area is 113 Å². The zero-order chi connectivity index (χ0) is 14.0. The van der Waals surface area contributed by atoms with Crippen LogP contribution in [0.25, 0.3) is 11.4 Å². The third kappa shape index (κ3) is 3.23. The molecule has 1 atom stereocenters. The molecule has 19 heavy (non-hydrogen) atoms. The number of alkyl halides is 3. The normalized spacial score (nSPS) is 13.5. The Balaban J connectivity index is 2.41. The van der Waals surface area contributed by atoms with Crippen LogP contribution in [0.5, 0.6) is 0 Å². The van der Waals surface area contributed by atoms with Crippen LogP contribution in [-0.4, -0.2) is 20.9 Å². The summed E-state index contributed by atoms with van der Waals surface area (Å²) < 4.78 is 39.0. The first-order valence-electron chi connectivity index (χ1n) is 5.67. The van der Waals surface area contributed by atoms with Gasteiger partial charge in [-0.25, -0.2) is 0 Å². The smallest absolute Gasteiger partial charge is 0.297 e. The van der Waals surface area contributed by atoms with Crippen molar-refractivity contribution < 1.29 is 13.2 Å². The lowest BCUT2D eigenvalue weighted by Gasteiger charge is -2.17. The van der Waals surface area contributed by atoms with Crippen LogP contribution < -0.4 is 0 Å². The minimum absolute atomic E-state index is 0.190. The predicted molar refractivity (Wildman–Crippen MR) is 68.2 cm³/mol. The SMILES string of the molecule is CC(CC(F)(F)F)n1c(-c2ccccc2)n[nH]c1=S. The van der Waals surface area contributed by atoms with Crippen LogP contribution in [0.2, 0.25) is 0 Å². The second-order valence-electron chi connectivity index (χ2n) is 4.26. The lowest BCUT2D eigenvalue weighted by atomic mass is 10.2. The van der Waals surface area contributed by atoms with Gasteiger partial charge in [-0.2, -0.15) is 18.3 Å². The molecule has 1 N–H and O–H groups in total. The van der Waals surface area contributed by atoms with Gasteiger partial charge in [-0.3, -0.25) is 9.67 Å². The summed E-state index contributed by atoms with van der Waals surface area (Å²) in [5, 5.41) is 6.57. The van der Waals surface area contributed by atoms with Crippen molar-refractivity contribution in [1.82, 2.24) is 14.8 Å². The predicted octanol–water partition coefficient (Wildman–Crippen LogP) is 4.12. The highest BCUT2D eigenvalue weighted by molar-refractivity contribution is 7.71. The zero-order valence-electron chi connectivity index (χ0n) is 10.1. The summed E-state index contributed by atoms with van der Waals surface area (Å²) in [6.45, 7) is 1.48. The second kappa shape index (κ2) is 5.16. The molecule has 1 aromatic carbocycles. The van der Waals surface area contributed by atoms with Crippen LogP contribution in [0.3, 0.4) is 0 Å². The molecule has 0 saturated heterocycles. The van der Waals surface area contributed by atoms with Crippen LogP contribution in [0, 0.1) is 4.77 Å². The van der Waals surface area contributed by atoms with Crippen LogP contribution in [-0.2, 0) is 0 Å². The quantitative estimate of drug-likeness (QED) is 0.861. The highest BCUT2D eigenvalue weighted by Crippen LogP contribution is 2.30.